The third-order valence-corrected chi connectivity index (χ3v) is 5.88. The van der Waals surface area contributed by atoms with Crippen molar-refractivity contribution in [3.05, 3.63) is 33.8 Å². The van der Waals surface area contributed by atoms with Gasteiger partial charge in [-0.1, -0.05) is 22.0 Å². The van der Waals surface area contributed by atoms with E-state index in [1.54, 1.807) is 0 Å². The normalized spacial score (nSPS) is 37.4. The maximum atomic E-state index is 5.92. The van der Waals surface area contributed by atoms with E-state index in [0.717, 1.165) is 0 Å². The van der Waals surface area contributed by atoms with Crippen molar-refractivity contribution in [3.63, 3.8) is 0 Å². The molecule has 0 amide bonds. The van der Waals surface area contributed by atoms with Crippen molar-refractivity contribution in [2.45, 2.75) is 38.0 Å². The lowest BCUT2D eigenvalue weighted by atomic mass is 9.79. The van der Waals surface area contributed by atoms with Crippen molar-refractivity contribution in [1.82, 2.24) is 9.96 Å². The highest BCUT2D eigenvalue weighted by molar-refractivity contribution is 9.10. The van der Waals surface area contributed by atoms with Gasteiger partial charge in [-0.05, 0) is 43.0 Å². The Kier molecular flexibility index (Phi) is 3.18. The molecule has 0 saturated carbocycles. The first-order chi connectivity index (χ1) is 9.63. The highest BCUT2D eigenvalue weighted by atomic mass is 79.9. The highest BCUT2D eigenvalue weighted by Gasteiger charge is 2.47. The van der Waals surface area contributed by atoms with Gasteiger partial charge in [-0.2, -0.15) is 5.06 Å². The second-order valence-electron chi connectivity index (χ2n) is 6.43. The van der Waals surface area contributed by atoms with Crippen LogP contribution < -0.4 is 0 Å². The van der Waals surface area contributed by atoms with Gasteiger partial charge in [0.25, 0.3) is 0 Å². The molecule has 0 aromatic heterocycles. The van der Waals surface area contributed by atoms with Gasteiger partial charge in [0.15, 0.2) is 0 Å². The number of benzene rings is 1. The number of nitrogens with zero attached hydrogens (tertiary/aromatic N) is 2. The Morgan fingerprint density at radius 3 is 3.05 bits per heavy atom. The highest BCUT2D eigenvalue weighted by Crippen LogP contribution is 2.44. The molecule has 4 heteroatoms. The van der Waals surface area contributed by atoms with Crippen molar-refractivity contribution in [2.75, 3.05) is 20.1 Å². The predicted octanol–water partition coefficient (Wildman–Crippen LogP) is 3.00. The Hall–Kier alpha value is -0.420. The van der Waals surface area contributed by atoms with Crippen LogP contribution in [0.2, 0.25) is 0 Å². The molecule has 0 aliphatic carbocycles. The van der Waals surface area contributed by atoms with E-state index in [9.17, 15) is 0 Å². The zero-order valence-electron chi connectivity index (χ0n) is 12.1. The topological polar surface area (TPSA) is 15.7 Å². The lowest BCUT2D eigenvalue weighted by molar-refractivity contribution is -0.140. The number of piperidine rings is 1. The Labute approximate surface area is 129 Å². The Morgan fingerprint density at radius 1 is 1.35 bits per heavy atom. The second kappa shape index (κ2) is 4.80. The zero-order valence-corrected chi connectivity index (χ0v) is 13.6. The molecule has 3 nitrogen and oxygen atoms in total. The number of hydrogen-bond donors (Lipinski definition) is 0. The second-order valence-corrected chi connectivity index (χ2v) is 7.34. The summed E-state index contributed by atoms with van der Waals surface area (Å²) in [5, 5.41) is 2.11. The monoisotopic (exact) mass is 336 g/mol. The van der Waals surface area contributed by atoms with E-state index >= 15 is 0 Å². The molecule has 1 unspecified atom stereocenters. The molecule has 108 valence electrons. The summed E-state index contributed by atoms with van der Waals surface area (Å²) >= 11 is 3.63. The third-order valence-electron chi connectivity index (χ3n) is 5.38. The SMILES string of the molecule is C[C@@H]1ON(C)[C@H]2C[C@H]3c4cc(Br)ccc4CCN3CC12. The first kappa shape index (κ1) is 13.3. The Bertz CT molecular complexity index is 535. The van der Waals surface area contributed by atoms with Crippen molar-refractivity contribution < 1.29 is 4.84 Å². The number of rotatable bonds is 0. The van der Waals surface area contributed by atoms with Crippen LogP contribution in [-0.2, 0) is 11.3 Å². The van der Waals surface area contributed by atoms with Crippen LogP contribution >= 0.6 is 15.9 Å². The lowest BCUT2D eigenvalue weighted by Crippen LogP contribution is -2.50. The molecule has 2 saturated heterocycles. The van der Waals surface area contributed by atoms with Crippen LogP contribution in [0.1, 0.15) is 30.5 Å². The summed E-state index contributed by atoms with van der Waals surface area (Å²) in [7, 11) is 2.10. The summed E-state index contributed by atoms with van der Waals surface area (Å²) in [6, 6.07) is 7.92. The standard InChI is InChI=1S/C16H21BrN2O/c1-10-14-9-19-6-5-11-3-4-12(17)7-13(11)16(19)8-15(14)18(2)20-10/h3-4,7,10,14-16H,5-6,8-9H2,1-2H3/t10-,14?,15-,16-/m0/s1. The largest absolute Gasteiger partial charge is 0.296 e. The van der Waals surface area contributed by atoms with Gasteiger partial charge in [-0.3, -0.25) is 9.74 Å². The number of halogens is 1. The average Bonchev–Trinajstić information content (AvgIpc) is 2.71. The maximum Gasteiger partial charge on any atom is 0.0821 e. The van der Waals surface area contributed by atoms with E-state index in [-0.39, 0.29) is 0 Å². The molecule has 3 aliphatic heterocycles. The van der Waals surface area contributed by atoms with Crippen molar-refractivity contribution in [2.24, 2.45) is 5.92 Å². The van der Waals surface area contributed by atoms with E-state index in [1.807, 2.05) is 0 Å². The van der Waals surface area contributed by atoms with E-state index in [0.29, 0.717) is 24.1 Å². The molecule has 3 heterocycles. The van der Waals surface area contributed by atoms with Crippen LogP contribution in [-0.4, -0.2) is 42.2 Å². The number of fused-ring (bicyclic) bond motifs is 4. The van der Waals surface area contributed by atoms with Gasteiger partial charge < -0.3 is 0 Å². The summed E-state index contributed by atoms with van der Waals surface area (Å²) in [6.45, 7) is 4.59. The minimum Gasteiger partial charge on any atom is -0.296 e. The summed E-state index contributed by atoms with van der Waals surface area (Å²) in [6.07, 6.45) is 2.73. The Morgan fingerprint density at radius 2 is 2.20 bits per heavy atom. The quantitative estimate of drug-likeness (QED) is 0.724. The van der Waals surface area contributed by atoms with Crippen molar-refractivity contribution in [3.8, 4) is 0 Å². The van der Waals surface area contributed by atoms with E-state index in [1.165, 1.54) is 41.5 Å². The molecule has 0 N–H and O–H groups in total. The summed E-state index contributed by atoms with van der Waals surface area (Å²) in [5.41, 5.74) is 3.06. The lowest BCUT2D eigenvalue weighted by Gasteiger charge is -2.45. The first-order valence-electron chi connectivity index (χ1n) is 7.55. The van der Waals surface area contributed by atoms with Crippen molar-refractivity contribution in [1.29, 1.82) is 0 Å². The fourth-order valence-corrected chi connectivity index (χ4v) is 4.69. The predicted molar refractivity (Wildman–Crippen MR) is 82.4 cm³/mol. The van der Waals surface area contributed by atoms with Gasteiger partial charge in [0.2, 0.25) is 0 Å². The smallest absolute Gasteiger partial charge is 0.0821 e. The van der Waals surface area contributed by atoms with Gasteiger partial charge in [0.1, 0.15) is 0 Å². The van der Waals surface area contributed by atoms with Gasteiger partial charge in [0.05, 0.1) is 6.10 Å². The van der Waals surface area contributed by atoms with Gasteiger partial charge in [0, 0.05) is 42.6 Å². The molecule has 0 radical (unpaired) electrons. The van der Waals surface area contributed by atoms with Gasteiger partial charge in [-0.15, -0.1) is 0 Å². The molecule has 4 atom stereocenters. The summed E-state index contributed by atoms with van der Waals surface area (Å²) in [4.78, 5) is 8.60. The number of hydroxylamine groups is 2. The zero-order chi connectivity index (χ0) is 13.9. The van der Waals surface area contributed by atoms with Crippen LogP contribution in [0, 0.1) is 5.92 Å². The molecule has 1 aromatic carbocycles. The van der Waals surface area contributed by atoms with E-state index < -0.39 is 0 Å². The van der Waals surface area contributed by atoms with Crippen LogP contribution in [0.25, 0.3) is 0 Å². The molecule has 2 fully saturated rings. The van der Waals surface area contributed by atoms with Crippen molar-refractivity contribution >= 4 is 15.9 Å². The van der Waals surface area contributed by atoms with E-state index in [4.69, 9.17) is 4.84 Å². The maximum absolute atomic E-state index is 5.92. The summed E-state index contributed by atoms with van der Waals surface area (Å²) in [5.74, 6) is 0.657. The number of hydrogen-bond acceptors (Lipinski definition) is 3. The van der Waals surface area contributed by atoms with Gasteiger partial charge in [-0.25, -0.2) is 0 Å². The molecular formula is C16H21BrN2O. The van der Waals surface area contributed by atoms with Crippen LogP contribution in [0.5, 0.6) is 0 Å². The summed E-state index contributed by atoms with van der Waals surface area (Å²) < 4.78 is 1.20. The van der Waals surface area contributed by atoms with Crippen LogP contribution in [0.3, 0.4) is 0 Å². The molecule has 4 rings (SSSR count). The van der Waals surface area contributed by atoms with Crippen LogP contribution in [0.15, 0.2) is 22.7 Å². The molecule has 1 aromatic rings. The molecule has 0 bridgehead atoms. The van der Waals surface area contributed by atoms with Gasteiger partial charge >= 0.3 is 0 Å². The minimum atomic E-state index is 0.356. The van der Waals surface area contributed by atoms with E-state index in [2.05, 4.69) is 58.1 Å². The molecule has 3 aliphatic rings. The fraction of sp³-hybridized carbons (Fsp3) is 0.625. The first-order valence-corrected chi connectivity index (χ1v) is 8.35. The third kappa shape index (κ3) is 1.97. The van der Waals surface area contributed by atoms with Crippen LogP contribution in [0.4, 0.5) is 0 Å². The minimum absolute atomic E-state index is 0.356. The average molecular weight is 337 g/mol. The molecule has 20 heavy (non-hydrogen) atoms. The Balaban J connectivity index is 1.69. The molecule has 0 spiro atoms. The fourth-order valence-electron chi connectivity index (χ4n) is 4.31. The molecular weight excluding hydrogens is 316 g/mol.